The van der Waals surface area contributed by atoms with Crippen LogP contribution < -0.4 is 4.74 Å². The first kappa shape index (κ1) is 17.7. The second-order valence-corrected chi connectivity index (χ2v) is 6.34. The third-order valence-electron chi connectivity index (χ3n) is 3.84. The minimum absolute atomic E-state index is 0.00674. The van der Waals surface area contributed by atoms with Crippen LogP contribution in [0.1, 0.15) is 77.3 Å². The number of carbonyl (C=O) groups is 1. The van der Waals surface area contributed by atoms with Gasteiger partial charge in [-0.25, -0.2) is 0 Å². The number of hydrogen-bond donors (Lipinski definition) is 0. The molecule has 1 aromatic rings. The summed E-state index contributed by atoms with van der Waals surface area (Å²) >= 11 is 0. The molecule has 0 aliphatic rings. The molecule has 0 spiro atoms. The molecule has 0 fully saturated rings. The summed E-state index contributed by atoms with van der Waals surface area (Å²) in [5.41, 5.74) is 2.33. The molecule has 0 N–H and O–H groups in total. The highest BCUT2D eigenvalue weighted by Gasteiger charge is 2.24. The topological polar surface area (TPSA) is 26.3 Å². The van der Waals surface area contributed by atoms with E-state index in [1.54, 1.807) is 0 Å². The zero-order valence-corrected chi connectivity index (χ0v) is 14.4. The van der Waals surface area contributed by atoms with Crippen LogP contribution in [-0.4, -0.2) is 12.4 Å². The van der Waals surface area contributed by atoms with E-state index in [1.807, 2.05) is 13.0 Å². The predicted octanol–water partition coefficient (Wildman–Crippen LogP) is 5.32. The highest BCUT2D eigenvalue weighted by Crippen LogP contribution is 2.33. The van der Waals surface area contributed by atoms with Gasteiger partial charge in [-0.3, -0.25) is 4.79 Å². The van der Waals surface area contributed by atoms with Crippen molar-refractivity contribution in [3.05, 3.63) is 29.3 Å². The van der Waals surface area contributed by atoms with Gasteiger partial charge in [0, 0.05) is 12.3 Å². The highest BCUT2D eigenvalue weighted by atomic mass is 16.5. The zero-order valence-electron chi connectivity index (χ0n) is 14.4. The molecule has 0 aliphatic heterocycles. The Bertz CT molecular complexity index is 461. The van der Waals surface area contributed by atoms with Crippen molar-refractivity contribution < 1.29 is 9.53 Å². The number of rotatable bonds is 8. The monoisotopic (exact) mass is 290 g/mol. The maximum absolute atomic E-state index is 12.3. The van der Waals surface area contributed by atoms with Crippen LogP contribution >= 0.6 is 0 Å². The quantitative estimate of drug-likeness (QED) is 0.648. The van der Waals surface area contributed by atoms with Crippen LogP contribution in [0.3, 0.4) is 0 Å². The van der Waals surface area contributed by atoms with Crippen LogP contribution in [0.2, 0.25) is 0 Å². The van der Waals surface area contributed by atoms with E-state index in [0.29, 0.717) is 24.0 Å². The number of hydrogen-bond acceptors (Lipinski definition) is 2. The molecule has 118 valence electrons. The number of carbonyl (C=O) groups excluding carboxylic acids is 1. The van der Waals surface area contributed by atoms with Gasteiger partial charge in [0.25, 0.3) is 0 Å². The van der Waals surface area contributed by atoms with E-state index < -0.39 is 0 Å². The van der Waals surface area contributed by atoms with Gasteiger partial charge in [0.1, 0.15) is 11.5 Å². The SMILES string of the molecule is CCCOc1ccc(C(C(=O)CC)C(C)C)cc1C(C)C. The molecular formula is C19H30O2. The van der Waals surface area contributed by atoms with Crippen molar-refractivity contribution in [2.24, 2.45) is 5.92 Å². The second kappa shape index (κ2) is 8.21. The fourth-order valence-electron chi connectivity index (χ4n) is 2.72. The molecule has 0 aromatic heterocycles. The molecule has 1 aromatic carbocycles. The molecule has 0 amide bonds. The molecular weight excluding hydrogens is 260 g/mol. The molecule has 2 nitrogen and oxygen atoms in total. The minimum atomic E-state index is -0.00674. The van der Waals surface area contributed by atoms with Gasteiger partial charge in [0.15, 0.2) is 0 Å². The van der Waals surface area contributed by atoms with Crippen molar-refractivity contribution in [2.75, 3.05) is 6.61 Å². The maximum atomic E-state index is 12.3. The average Bonchev–Trinajstić information content (AvgIpc) is 2.45. The largest absolute Gasteiger partial charge is 0.493 e. The van der Waals surface area contributed by atoms with Crippen molar-refractivity contribution in [3.63, 3.8) is 0 Å². The van der Waals surface area contributed by atoms with Crippen LogP contribution in [0.25, 0.3) is 0 Å². The first-order chi connectivity index (χ1) is 9.92. The lowest BCUT2D eigenvalue weighted by Gasteiger charge is -2.22. The molecule has 1 rings (SSSR count). The zero-order chi connectivity index (χ0) is 16.0. The molecule has 0 saturated carbocycles. The summed E-state index contributed by atoms with van der Waals surface area (Å²) in [6, 6.07) is 6.28. The minimum Gasteiger partial charge on any atom is -0.493 e. The third-order valence-corrected chi connectivity index (χ3v) is 3.84. The Balaban J connectivity index is 3.19. The van der Waals surface area contributed by atoms with E-state index in [9.17, 15) is 4.79 Å². The van der Waals surface area contributed by atoms with Gasteiger partial charge in [0.2, 0.25) is 0 Å². The van der Waals surface area contributed by atoms with E-state index in [4.69, 9.17) is 4.74 Å². The van der Waals surface area contributed by atoms with Crippen molar-refractivity contribution in [1.82, 2.24) is 0 Å². The fraction of sp³-hybridized carbons (Fsp3) is 0.632. The summed E-state index contributed by atoms with van der Waals surface area (Å²) < 4.78 is 5.84. The fourth-order valence-corrected chi connectivity index (χ4v) is 2.72. The van der Waals surface area contributed by atoms with Crippen molar-refractivity contribution in [3.8, 4) is 5.75 Å². The highest BCUT2D eigenvalue weighted by molar-refractivity contribution is 5.85. The summed E-state index contributed by atoms with van der Waals surface area (Å²) in [7, 11) is 0. The maximum Gasteiger partial charge on any atom is 0.140 e. The van der Waals surface area contributed by atoms with E-state index in [-0.39, 0.29) is 5.92 Å². The summed E-state index contributed by atoms with van der Waals surface area (Å²) in [6.45, 7) is 13.4. The summed E-state index contributed by atoms with van der Waals surface area (Å²) in [6.07, 6.45) is 1.59. The molecule has 1 atom stereocenters. The molecule has 2 heteroatoms. The number of ketones is 1. The van der Waals surface area contributed by atoms with Gasteiger partial charge < -0.3 is 4.74 Å². The lowest BCUT2D eigenvalue weighted by atomic mass is 9.82. The Morgan fingerprint density at radius 3 is 2.29 bits per heavy atom. The van der Waals surface area contributed by atoms with Crippen LogP contribution in [0.4, 0.5) is 0 Å². The Hall–Kier alpha value is -1.31. The lowest BCUT2D eigenvalue weighted by molar-refractivity contribution is -0.121. The summed E-state index contributed by atoms with van der Waals surface area (Å²) in [5, 5.41) is 0. The molecule has 21 heavy (non-hydrogen) atoms. The predicted molar refractivity (Wildman–Crippen MR) is 89.2 cm³/mol. The molecule has 0 heterocycles. The van der Waals surface area contributed by atoms with Gasteiger partial charge in [0.05, 0.1) is 6.61 Å². The van der Waals surface area contributed by atoms with Crippen LogP contribution in [0.5, 0.6) is 5.75 Å². The van der Waals surface area contributed by atoms with Crippen molar-refractivity contribution in [2.45, 2.75) is 66.2 Å². The Kier molecular flexibility index (Phi) is 6.94. The number of ether oxygens (including phenoxy) is 1. The third kappa shape index (κ3) is 4.59. The van der Waals surface area contributed by atoms with Crippen LogP contribution in [0.15, 0.2) is 18.2 Å². The van der Waals surface area contributed by atoms with Crippen LogP contribution in [-0.2, 0) is 4.79 Å². The first-order valence-electron chi connectivity index (χ1n) is 8.21. The lowest BCUT2D eigenvalue weighted by Crippen LogP contribution is -2.18. The van der Waals surface area contributed by atoms with E-state index in [1.165, 1.54) is 5.56 Å². The standard InChI is InChI=1S/C19H30O2/c1-7-11-21-18-10-9-15(12-16(18)13(3)4)19(14(5)6)17(20)8-2/h9-10,12-14,19H,7-8,11H2,1-6H3. The number of Topliss-reactive ketones (excluding diaryl/α,β-unsaturated/α-hetero) is 1. The van der Waals surface area contributed by atoms with Crippen LogP contribution in [0, 0.1) is 5.92 Å². The number of benzene rings is 1. The van der Waals surface area contributed by atoms with Crippen molar-refractivity contribution >= 4 is 5.78 Å². The van der Waals surface area contributed by atoms with Crippen molar-refractivity contribution in [1.29, 1.82) is 0 Å². The molecule has 0 bridgehead atoms. The van der Waals surface area contributed by atoms with Gasteiger partial charge in [-0.05, 0) is 35.4 Å². The smallest absolute Gasteiger partial charge is 0.140 e. The first-order valence-corrected chi connectivity index (χ1v) is 8.21. The molecule has 0 aliphatic carbocycles. The average molecular weight is 290 g/mol. The Morgan fingerprint density at radius 1 is 1.14 bits per heavy atom. The van der Waals surface area contributed by atoms with Gasteiger partial charge >= 0.3 is 0 Å². The molecule has 1 unspecified atom stereocenters. The summed E-state index contributed by atoms with van der Waals surface area (Å²) in [4.78, 5) is 12.3. The molecule has 0 radical (unpaired) electrons. The van der Waals surface area contributed by atoms with E-state index in [0.717, 1.165) is 24.3 Å². The normalized spacial score (nSPS) is 12.8. The summed E-state index contributed by atoms with van der Waals surface area (Å²) in [5.74, 6) is 1.98. The van der Waals surface area contributed by atoms with E-state index in [2.05, 4.69) is 46.8 Å². The molecule has 0 saturated heterocycles. The van der Waals surface area contributed by atoms with E-state index >= 15 is 0 Å². The van der Waals surface area contributed by atoms with Gasteiger partial charge in [-0.2, -0.15) is 0 Å². The van der Waals surface area contributed by atoms with Gasteiger partial charge in [-0.15, -0.1) is 0 Å². The Morgan fingerprint density at radius 2 is 1.81 bits per heavy atom. The Labute approximate surface area is 129 Å². The van der Waals surface area contributed by atoms with Gasteiger partial charge in [-0.1, -0.05) is 53.7 Å². The second-order valence-electron chi connectivity index (χ2n) is 6.34.